The Balaban J connectivity index is 1.55. The van der Waals surface area contributed by atoms with E-state index in [1.165, 1.54) is 12.1 Å². The summed E-state index contributed by atoms with van der Waals surface area (Å²) in [6.45, 7) is 0.309. The number of nitrogens with one attached hydrogen (secondary N) is 1. The summed E-state index contributed by atoms with van der Waals surface area (Å²) in [5.41, 5.74) is -0.0447. The number of hydrogen-bond acceptors (Lipinski definition) is 5. The number of carbonyl (C=O) groups excluding carboxylic acids is 1. The normalized spacial score (nSPS) is 17.7. The van der Waals surface area contributed by atoms with E-state index < -0.39 is 29.3 Å². The highest BCUT2D eigenvalue weighted by molar-refractivity contribution is 9.10. The van der Waals surface area contributed by atoms with Crippen LogP contribution in [0.3, 0.4) is 0 Å². The van der Waals surface area contributed by atoms with Gasteiger partial charge in [-0.05, 0) is 71.8 Å². The van der Waals surface area contributed by atoms with Crippen molar-refractivity contribution < 1.29 is 32.5 Å². The second kappa shape index (κ2) is 14.5. The molecule has 2 N–H and O–H groups in total. The molecule has 1 aliphatic rings. The zero-order valence-electron chi connectivity index (χ0n) is 24.2. The quantitative estimate of drug-likeness (QED) is 0.152. The number of carbonyl (C=O) groups is 1. The number of aliphatic hydroxyl groups is 1. The van der Waals surface area contributed by atoms with E-state index in [9.17, 15) is 18.0 Å². The van der Waals surface area contributed by atoms with Crippen LogP contribution < -0.4 is 10.1 Å². The van der Waals surface area contributed by atoms with E-state index in [0.717, 1.165) is 22.2 Å². The fourth-order valence-electron chi connectivity index (χ4n) is 5.03. The molecule has 0 fully saturated rings. The van der Waals surface area contributed by atoms with Crippen LogP contribution in [0.2, 0.25) is 10.0 Å². The van der Waals surface area contributed by atoms with Gasteiger partial charge in [0.15, 0.2) is 11.6 Å². The molecule has 1 amide bonds. The summed E-state index contributed by atoms with van der Waals surface area (Å²) in [7, 11) is 0. The van der Waals surface area contributed by atoms with Crippen molar-refractivity contribution in [1.82, 2.24) is 5.32 Å². The Morgan fingerprint density at radius 3 is 2.28 bits per heavy atom. The smallest absolute Gasteiger partial charge is 0.416 e. The molecule has 4 aromatic carbocycles. The lowest BCUT2D eigenvalue weighted by Gasteiger charge is -2.31. The van der Waals surface area contributed by atoms with Gasteiger partial charge in [-0.1, -0.05) is 69.5 Å². The van der Waals surface area contributed by atoms with Gasteiger partial charge in [-0.2, -0.15) is 13.2 Å². The van der Waals surface area contributed by atoms with Gasteiger partial charge in [-0.3, -0.25) is 4.79 Å². The Bertz CT molecular complexity index is 1700. The van der Waals surface area contributed by atoms with E-state index in [-0.39, 0.29) is 30.5 Å². The number of hydrogen-bond donors (Lipinski definition) is 2. The topological polar surface area (TPSA) is 80.2 Å². The van der Waals surface area contributed by atoms with Gasteiger partial charge in [0.05, 0.1) is 12.2 Å². The average molecular weight is 736 g/mol. The third-order valence-electron chi connectivity index (χ3n) is 7.40. The number of alkyl halides is 3. The van der Waals surface area contributed by atoms with E-state index in [4.69, 9.17) is 42.8 Å². The first-order valence-corrected chi connectivity index (χ1v) is 15.8. The van der Waals surface area contributed by atoms with Gasteiger partial charge in [0.25, 0.3) is 5.91 Å². The molecular formula is C34H28BrCl2F3N2O4. The SMILES string of the molecule is O=C(NCc1ccc(C(F)(F)F)cc1)[C@]1(Cc2ccc(Br)cc2)N=C(c2ccc(OCCCO)cc2)O[C@@H]1c1ccc(Cl)cc1Cl. The van der Waals surface area contributed by atoms with Gasteiger partial charge in [0, 0.05) is 51.6 Å². The molecule has 0 aromatic heterocycles. The molecule has 0 bridgehead atoms. The predicted octanol–water partition coefficient (Wildman–Crippen LogP) is 8.35. The Morgan fingerprint density at radius 1 is 0.978 bits per heavy atom. The first-order chi connectivity index (χ1) is 22.0. The van der Waals surface area contributed by atoms with Crippen LogP contribution in [0, 0.1) is 0 Å². The Hall–Kier alpha value is -3.57. The molecule has 0 spiro atoms. The summed E-state index contributed by atoms with van der Waals surface area (Å²) in [6.07, 6.45) is -4.88. The third kappa shape index (κ3) is 7.86. The minimum Gasteiger partial charge on any atom is -0.494 e. The van der Waals surface area contributed by atoms with Crippen molar-refractivity contribution in [2.45, 2.75) is 37.2 Å². The lowest BCUT2D eigenvalue weighted by Crippen LogP contribution is -2.49. The molecule has 0 saturated heterocycles. The van der Waals surface area contributed by atoms with Crippen molar-refractivity contribution >= 4 is 50.9 Å². The Labute approximate surface area is 282 Å². The van der Waals surface area contributed by atoms with Gasteiger partial charge in [-0.15, -0.1) is 0 Å². The van der Waals surface area contributed by atoms with Crippen LogP contribution in [0.4, 0.5) is 13.2 Å². The third-order valence-corrected chi connectivity index (χ3v) is 8.49. The summed E-state index contributed by atoms with van der Waals surface area (Å²) in [5.74, 6) is 0.272. The molecule has 1 heterocycles. The number of aliphatic hydroxyl groups excluding tert-OH is 1. The first-order valence-electron chi connectivity index (χ1n) is 14.2. The molecule has 46 heavy (non-hydrogen) atoms. The second-order valence-electron chi connectivity index (χ2n) is 10.6. The average Bonchev–Trinajstić information content (AvgIpc) is 3.41. The minimum absolute atomic E-state index is 0.0127. The lowest BCUT2D eigenvalue weighted by atomic mass is 9.82. The van der Waals surface area contributed by atoms with Crippen LogP contribution in [0.25, 0.3) is 0 Å². The van der Waals surface area contributed by atoms with Gasteiger partial charge in [0.2, 0.25) is 5.90 Å². The van der Waals surface area contributed by atoms with Crippen LogP contribution in [0.5, 0.6) is 5.75 Å². The fraction of sp³-hybridized carbons (Fsp3) is 0.235. The van der Waals surface area contributed by atoms with E-state index in [2.05, 4.69) is 21.2 Å². The molecule has 1 aliphatic heterocycles. The maximum Gasteiger partial charge on any atom is 0.416 e. The number of ether oxygens (including phenoxy) is 2. The second-order valence-corrected chi connectivity index (χ2v) is 12.4. The minimum atomic E-state index is -4.47. The molecule has 12 heteroatoms. The maximum absolute atomic E-state index is 14.4. The number of benzene rings is 4. The van der Waals surface area contributed by atoms with E-state index >= 15 is 0 Å². The highest BCUT2D eigenvalue weighted by Gasteiger charge is 2.53. The summed E-state index contributed by atoms with van der Waals surface area (Å²) in [5, 5.41) is 12.6. The Kier molecular flexibility index (Phi) is 10.6. The zero-order valence-corrected chi connectivity index (χ0v) is 27.3. The highest BCUT2D eigenvalue weighted by Crippen LogP contribution is 2.45. The lowest BCUT2D eigenvalue weighted by molar-refractivity contribution is -0.137. The number of amides is 1. The number of halogens is 6. The maximum atomic E-state index is 14.4. The van der Waals surface area contributed by atoms with Crippen molar-refractivity contribution in [2.24, 2.45) is 4.99 Å². The molecule has 6 nitrogen and oxygen atoms in total. The van der Waals surface area contributed by atoms with Crippen LogP contribution in [-0.4, -0.2) is 35.7 Å². The van der Waals surface area contributed by atoms with Crippen molar-refractivity contribution in [2.75, 3.05) is 13.2 Å². The fourth-order valence-corrected chi connectivity index (χ4v) is 5.81. The molecule has 2 atom stereocenters. The number of nitrogens with zero attached hydrogens (tertiary/aromatic N) is 1. The molecule has 0 saturated carbocycles. The summed E-state index contributed by atoms with van der Waals surface area (Å²) < 4.78 is 52.3. The molecule has 0 unspecified atom stereocenters. The van der Waals surface area contributed by atoms with Gasteiger partial charge >= 0.3 is 6.18 Å². The summed E-state index contributed by atoms with van der Waals surface area (Å²) >= 11 is 16.3. The van der Waals surface area contributed by atoms with E-state index in [1.54, 1.807) is 42.5 Å². The van der Waals surface area contributed by atoms with E-state index in [0.29, 0.717) is 40.5 Å². The van der Waals surface area contributed by atoms with Gasteiger partial charge in [0.1, 0.15) is 5.75 Å². The molecule has 5 rings (SSSR count). The van der Waals surface area contributed by atoms with Crippen molar-refractivity contribution in [3.05, 3.63) is 133 Å². The van der Waals surface area contributed by atoms with Gasteiger partial charge in [-0.25, -0.2) is 4.99 Å². The zero-order chi connectivity index (χ0) is 32.9. The number of aliphatic imine (C=N–C) groups is 1. The molecule has 0 aliphatic carbocycles. The molecular weight excluding hydrogens is 708 g/mol. The predicted molar refractivity (Wildman–Crippen MR) is 174 cm³/mol. The van der Waals surface area contributed by atoms with Gasteiger partial charge < -0.3 is 19.9 Å². The van der Waals surface area contributed by atoms with Crippen LogP contribution >= 0.6 is 39.1 Å². The molecule has 4 aromatic rings. The number of rotatable bonds is 11. The monoisotopic (exact) mass is 734 g/mol. The molecule has 240 valence electrons. The summed E-state index contributed by atoms with van der Waals surface area (Å²) in [4.78, 5) is 19.3. The van der Waals surface area contributed by atoms with Crippen molar-refractivity contribution in [1.29, 1.82) is 0 Å². The Morgan fingerprint density at radius 2 is 1.65 bits per heavy atom. The van der Waals surface area contributed by atoms with Crippen LogP contribution in [0.15, 0.2) is 100 Å². The standard InChI is InChI=1S/C34H28BrCl2F3N2O4/c35-25-10-4-21(5-11-25)19-33(32(44)41-20-22-2-8-24(9-3-22)34(38,39)40)30(28-15-12-26(36)18-29(28)37)46-31(42-33)23-6-13-27(14-7-23)45-17-1-16-43/h2-15,18,30,43H,1,16-17,19-20H2,(H,41,44)/t30-,33-/m1/s1. The largest absolute Gasteiger partial charge is 0.494 e. The first kappa shape index (κ1) is 33.8. The molecule has 0 radical (unpaired) electrons. The summed E-state index contributed by atoms with van der Waals surface area (Å²) in [6, 6.07) is 23.9. The van der Waals surface area contributed by atoms with Crippen LogP contribution in [0.1, 0.15) is 40.3 Å². The van der Waals surface area contributed by atoms with Crippen LogP contribution in [-0.2, 0) is 28.7 Å². The van der Waals surface area contributed by atoms with E-state index in [1.807, 2.05) is 24.3 Å². The highest BCUT2D eigenvalue weighted by atomic mass is 79.9. The van der Waals surface area contributed by atoms with Crippen molar-refractivity contribution in [3.63, 3.8) is 0 Å². The van der Waals surface area contributed by atoms with Crippen molar-refractivity contribution in [3.8, 4) is 5.75 Å².